The molecule has 0 saturated carbocycles. The number of alkyl carbamates (subject to hydrolysis) is 1. The van der Waals surface area contributed by atoms with Crippen molar-refractivity contribution in [1.29, 1.82) is 0 Å². The van der Waals surface area contributed by atoms with Crippen LogP contribution < -0.4 is 5.32 Å². The molecular weight excluding hydrogens is 286 g/mol. The molecule has 0 aromatic heterocycles. The molecule has 0 saturated heterocycles. The molecule has 0 bridgehead atoms. The summed E-state index contributed by atoms with van der Waals surface area (Å²) >= 11 is 1.54. The molecule has 0 aliphatic rings. The molecule has 1 unspecified atom stereocenters. The van der Waals surface area contributed by atoms with E-state index in [1.807, 2.05) is 51.1 Å². The van der Waals surface area contributed by atoms with Crippen molar-refractivity contribution in [3.05, 3.63) is 35.9 Å². The van der Waals surface area contributed by atoms with Crippen molar-refractivity contribution in [2.45, 2.75) is 38.0 Å². The third-order valence-corrected chi connectivity index (χ3v) is 3.68. The van der Waals surface area contributed by atoms with Crippen LogP contribution in [-0.2, 0) is 16.0 Å². The highest BCUT2D eigenvalue weighted by Gasteiger charge is 2.15. The molecule has 116 valence electrons. The van der Waals surface area contributed by atoms with Gasteiger partial charge in [-0.25, -0.2) is 4.79 Å². The molecule has 21 heavy (non-hydrogen) atoms. The minimum atomic E-state index is -0.490. The molecule has 4 nitrogen and oxygen atoms in total. The lowest BCUT2D eigenvalue weighted by molar-refractivity contribution is -0.107. The zero-order valence-electron chi connectivity index (χ0n) is 12.8. The monoisotopic (exact) mass is 309 g/mol. The van der Waals surface area contributed by atoms with Gasteiger partial charge in [-0.1, -0.05) is 30.3 Å². The minimum absolute atomic E-state index is 0.0900. The van der Waals surface area contributed by atoms with E-state index in [2.05, 4.69) is 5.32 Å². The second-order valence-electron chi connectivity index (χ2n) is 5.66. The van der Waals surface area contributed by atoms with Gasteiger partial charge in [-0.3, -0.25) is 0 Å². The summed E-state index contributed by atoms with van der Waals surface area (Å²) in [5, 5.41) is 2.59. The van der Waals surface area contributed by atoms with Gasteiger partial charge < -0.3 is 14.8 Å². The lowest BCUT2D eigenvalue weighted by atomic mass is 10.1. The van der Waals surface area contributed by atoms with Crippen molar-refractivity contribution in [2.75, 3.05) is 12.3 Å². The second-order valence-corrected chi connectivity index (χ2v) is 7.01. The fourth-order valence-electron chi connectivity index (χ4n) is 1.67. The van der Waals surface area contributed by atoms with Crippen LogP contribution in [0.3, 0.4) is 0 Å². The van der Waals surface area contributed by atoms with Gasteiger partial charge in [-0.15, -0.1) is 11.8 Å². The van der Waals surface area contributed by atoms with Crippen LogP contribution >= 0.6 is 11.8 Å². The molecule has 1 atom stereocenters. The molecule has 5 heteroatoms. The number of hydrogen-bond donors (Lipinski definition) is 1. The van der Waals surface area contributed by atoms with Crippen LogP contribution in [0.2, 0.25) is 0 Å². The Morgan fingerprint density at radius 1 is 1.33 bits per heavy atom. The van der Waals surface area contributed by atoms with Gasteiger partial charge in [0.2, 0.25) is 0 Å². The van der Waals surface area contributed by atoms with Gasteiger partial charge in [-0.05, 0) is 32.8 Å². The van der Waals surface area contributed by atoms with Gasteiger partial charge in [0.05, 0.1) is 5.25 Å². The summed E-state index contributed by atoms with van der Waals surface area (Å²) in [5.41, 5.74) is 0.651. The molecule has 1 amide bonds. The van der Waals surface area contributed by atoms with Crippen molar-refractivity contribution < 1.29 is 14.3 Å². The van der Waals surface area contributed by atoms with Gasteiger partial charge >= 0.3 is 6.09 Å². The van der Waals surface area contributed by atoms with Gasteiger partial charge in [0, 0.05) is 12.3 Å². The summed E-state index contributed by atoms with van der Waals surface area (Å²) in [5.74, 6) is 0.676. The van der Waals surface area contributed by atoms with Crippen LogP contribution in [0.15, 0.2) is 30.3 Å². The van der Waals surface area contributed by atoms with E-state index in [1.165, 1.54) is 11.8 Å². The summed E-state index contributed by atoms with van der Waals surface area (Å²) in [6, 6.07) is 9.90. The fraction of sp³-hybridized carbons (Fsp3) is 0.500. The van der Waals surface area contributed by atoms with Gasteiger partial charge in [0.25, 0.3) is 0 Å². The summed E-state index contributed by atoms with van der Waals surface area (Å²) in [4.78, 5) is 22.5. The van der Waals surface area contributed by atoms with Crippen LogP contribution in [-0.4, -0.2) is 35.5 Å². The summed E-state index contributed by atoms with van der Waals surface area (Å²) in [7, 11) is 0. The maximum Gasteiger partial charge on any atom is 0.407 e. The number of carbonyl (C=O) groups is 2. The zero-order valence-corrected chi connectivity index (χ0v) is 13.6. The molecule has 0 heterocycles. The van der Waals surface area contributed by atoms with Gasteiger partial charge in [0.1, 0.15) is 11.9 Å². The van der Waals surface area contributed by atoms with E-state index in [0.717, 1.165) is 11.8 Å². The number of nitrogens with one attached hydrogen (secondary N) is 1. The largest absolute Gasteiger partial charge is 0.444 e. The lowest BCUT2D eigenvalue weighted by Crippen LogP contribution is -2.33. The minimum Gasteiger partial charge on any atom is -0.444 e. The van der Waals surface area contributed by atoms with Crippen LogP contribution in [0.25, 0.3) is 0 Å². The normalized spacial score (nSPS) is 12.5. The number of ether oxygens (including phenoxy) is 1. The first-order valence-corrected chi connectivity index (χ1v) is 8.03. The molecule has 1 rings (SSSR count). The van der Waals surface area contributed by atoms with E-state index in [9.17, 15) is 9.59 Å². The molecule has 1 aromatic carbocycles. The van der Waals surface area contributed by atoms with Crippen molar-refractivity contribution >= 4 is 24.1 Å². The SMILES string of the molecule is CC(C)(C)OC(=O)NCCSC(C=O)Cc1ccccc1. The van der Waals surface area contributed by atoms with Crippen LogP contribution in [0.5, 0.6) is 0 Å². The molecule has 0 fully saturated rings. The summed E-state index contributed by atoms with van der Waals surface area (Å²) in [6.45, 7) is 5.95. The molecule has 1 N–H and O–H groups in total. The highest BCUT2D eigenvalue weighted by atomic mass is 32.2. The number of aldehydes is 1. The Morgan fingerprint density at radius 2 is 2.00 bits per heavy atom. The number of amides is 1. The first-order chi connectivity index (χ1) is 9.90. The smallest absolute Gasteiger partial charge is 0.407 e. The molecule has 0 aliphatic carbocycles. The van der Waals surface area contributed by atoms with E-state index in [1.54, 1.807) is 0 Å². The number of benzene rings is 1. The molecule has 0 aliphatic heterocycles. The van der Waals surface area contributed by atoms with Crippen LogP contribution in [0, 0.1) is 0 Å². The van der Waals surface area contributed by atoms with Crippen LogP contribution in [0.1, 0.15) is 26.3 Å². The Kier molecular flexibility index (Phi) is 7.29. The van der Waals surface area contributed by atoms with Gasteiger partial charge in [-0.2, -0.15) is 0 Å². The zero-order chi connectivity index (χ0) is 15.7. The topological polar surface area (TPSA) is 55.4 Å². The lowest BCUT2D eigenvalue weighted by Gasteiger charge is -2.19. The van der Waals surface area contributed by atoms with Crippen LogP contribution in [0.4, 0.5) is 4.79 Å². The third-order valence-electron chi connectivity index (χ3n) is 2.53. The fourth-order valence-corrected chi connectivity index (χ4v) is 2.58. The predicted octanol–water partition coefficient (Wildman–Crippen LogP) is 3.05. The standard InChI is InChI=1S/C16H23NO3S/c1-16(2,3)20-15(19)17-9-10-21-14(12-18)11-13-7-5-4-6-8-13/h4-8,12,14H,9-11H2,1-3H3,(H,17,19). The highest BCUT2D eigenvalue weighted by Crippen LogP contribution is 2.14. The second kappa shape index (κ2) is 8.72. The number of rotatable bonds is 7. The third kappa shape index (κ3) is 8.40. The number of carbonyl (C=O) groups excluding carboxylic acids is 2. The maximum absolute atomic E-state index is 11.5. The van der Waals surface area contributed by atoms with Crippen molar-refractivity contribution in [2.24, 2.45) is 0 Å². The Morgan fingerprint density at radius 3 is 2.57 bits per heavy atom. The molecule has 1 aromatic rings. The first kappa shape index (κ1) is 17.6. The Bertz CT molecular complexity index is 443. The average molecular weight is 309 g/mol. The Labute approximate surface area is 130 Å². The Hall–Kier alpha value is -1.49. The van der Waals surface area contributed by atoms with E-state index < -0.39 is 11.7 Å². The number of hydrogen-bond acceptors (Lipinski definition) is 4. The number of thioether (sulfide) groups is 1. The summed E-state index contributed by atoms with van der Waals surface area (Å²) in [6.07, 6.45) is 1.25. The van der Waals surface area contributed by atoms with E-state index in [4.69, 9.17) is 4.74 Å². The van der Waals surface area contributed by atoms with Crippen molar-refractivity contribution in [1.82, 2.24) is 5.32 Å². The maximum atomic E-state index is 11.5. The van der Waals surface area contributed by atoms with E-state index in [-0.39, 0.29) is 5.25 Å². The van der Waals surface area contributed by atoms with Crippen molar-refractivity contribution in [3.8, 4) is 0 Å². The predicted molar refractivity (Wildman–Crippen MR) is 86.7 cm³/mol. The summed E-state index contributed by atoms with van der Waals surface area (Å²) < 4.78 is 5.14. The molecule has 0 radical (unpaired) electrons. The average Bonchev–Trinajstić information content (AvgIpc) is 2.41. The van der Waals surface area contributed by atoms with Gasteiger partial charge in [0.15, 0.2) is 0 Å². The quantitative estimate of drug-likeness (QED) is 0.621. The first-order valence-electron chi connectivity index (χ1n) is 6.98. The molecular formula is C16H23NO3S. The van der Waals surface area contributed by atoms with E-state index in [0.29, 0.717) is 18.7 Å². The highest BCUT2D eigenvalue weighted by molar-refractivity contribution is 8.00. The Balaban J connectivity index is 2.24. The van der Waals surface area contributed by atoms with Crippen molar-refractivity contribution in [3.63, 3.8) is 0 Å². The molecule has 0 spiro atoms. The van der Waals surface area contributed by atoms with E-state index >= 15 is 0 Å².